The van der Waals surface area contributed by atoms with E-state index < -0.39 is 24.6 Å². The molecular weight excluding hydrogens is 142 g/mol. The summed E-state index contributed by atoms with van der Waals surface area (Å²) in [6.45, 7) is 1.24. The van der Waals surface area contributed by atoms with Crippen LogP contribution in [0.3, 0.4) is 0 Å². The molecule has 0 aromatic rings. The van der Waals surface area contributed by atoms with E-state index >= 15 is 0 Å². The Balaban J connectivity index is 4.28. The van der Waals surface area contributed by atoms with Gasteiger partial charge in [0.2, 0.25) is 0 Å². The Hall–Kier alpha value is -0.220. The Labute approximate surface area is 58.5 Å². The lowest BCUT2D eigenvalue weighted by molar-refractivity contribution is -0.189. The third kappa shape index (κ3) is 1.64. The van der Waals surface area contributed by atoms with Crippen molar-refractivity contribution < 1.29 is 19.0 Å². The molecule has 2 N–H and O–H groups in total. The molecule has 0 aliphatic heterocycles. The van der Waals surface area contributed by atoms with Crippen LogP contribution in [0, 0.1) is 0 Å². The van der Waals surface area contributed by atoms with Crippen molar-refractivity contribution in [1.29, 1.82) is 0 Å². The van der Waals surface area contributed by atoms with Gasteiger partial charge in [0.15, 0.2) is 0 Å². The van der Waals surface area contributed by atoms with Crippen molar-refractivity contribution in [1.82, 2.24) is 0 Å². The number of aliphatic hydroxyl groups is 2. The Morgan fingerprint density at radius 2 is 1.80 bits per heavy atom. The van der Waals surface area contributed by atoms with Crippen LogP contribution in [-0.2, 0) is 0 Å². The van der Waals surface area contributed by atoms with E-state index in [1.807, 2.05) is 0 Å². The molecule has 1 unspecified atom stereocenters. The molecule has 62 valence electrons. The fraction of sp³-hybridized carbons (Fsp3) is 1.00. The smallest absolute Gasteiger partial charge is 0.277 e. The molecule has 0 aromatic carbocycles. The van der Waals surface area contributed by atoms with Gasteiger partial charge in [-0.05, 0) is 6.92 Å². The lowest BCUT2D eigenvalue weighted by Gasteiger charge is -2.29. The van der Waals surface area contributed by atoms with Crippen LogP contribution >= 0.6 is 0 Å². The summed E-state index contributed by atoms with van der Waals surface area (Å²) in [5, 5.41) is 17.2. The minimum absolute atomic E-state index is 0.472. The van der Waals surface area contributed by atoms with E-state index in [2.05, 4.69) is 0 Å². The van der Waals surface area contributed by atoms with E-state index in [1.165, 1.54) is 6.92 Å². The molecule has 0 saturated carbocycles. The van der Waals surface area contributed by atoms with Gasteiger partial charge in [0.1, 0.15) is 5.60 Å². The van der Waals surface area contributed by atoms with Gasteiger partial charge in [0.05, 0.1) is 6.61 Å². The number of rotatable bonds is 3. The highest BCUT2D eigenvalue weighted by molar-refractivity contribution is 4.87. The van der Waals surface area contributed by atoms with Crippen LogP contribution in [0.2, 0.25) is 0 Å². The number of hydrogen-bond donors (Lipinski definition) is 2. The summed E-state index contributed by atoms with van der Waals surface area (Å²) in [6, 6.07) is 0. The van der Waals surface area contributed by atoms with Crippen LogP contribution < -0.4 is 0 Å². The molecule has 0 aliphatic rings. The first-order valence-electron chi connectivity index (χ1n) is 3.08. The molecule has 0 fully saturated rings. The topological polar surface area (TPSA) is 40.5 Å². The second-order valence-corrected chi connectivity index (χ2v) is 2.49. The molecule has 0 radical (unpaired) electrons. The number of halogens is 2. The SMILES string of the molecule is CCC(F)(F)C(C)(O)CO. The van der Waals surface area contributed by atoms with Gasteiger partial charge in [-0.2, -0.15) is 0 Å². The van der Waals surface area contributed by atoms with Gasteiger partial charge in [-0.25, -0.2) is 8.78 Å². The first-order chi connectivity index (χ1) is 4.37. The molecular formula is C6H12F2O2. The third-order valence-electron chi connectivity index (χ3n) is 1.54. The van der Waals surface area contributed by atoms with Crippen LogP contribution in [0.15, 0.2) is 0 Å². The molecule has 0 heterocycles. The second kappa shape index (κ2) is 2.80. The van der Waals surface area contributed by atoms with Crippen LogP contribution in [0.5, 0.6) is 0 Å². The van der Waals surface area contributed by atoms with E-state index in [1.54, 1.807) is 0 Å². The van der Waals surface area contributed by atoms with Crippen molar-refractivity contribution in [2.75, 3.05) is 6.61 Å². The Kier molecular flexibility index (Phi) is 2.74. The van der Waals surface area contributed by atoms with Gasteiger partial charge in [-0.3, -0.25) is 0 Å². The highest BCUT2D eigenvalue weighted by Gasteiger charge is 2.46. The maximum atomic E-state index is 12.5. The summed E-state index contributed by atoms with van der Waals surface area (Å²) in [6.07, 6.45) is -0.472. The van der Waals surface area contributed by atoms with E-state index in [9.17, 15) is 8.78 Å². The molecule has 0 amide bonds. The molecule has 4 heteroatoms. The summed E-state index contributed by atoms with van der Waals surface area (Å²) in [7, 11) is 0. The molecule has 10 heavy (non-hydrogen) atoms. The molecule has 0 aromatic heterocycles. The van der Waals surface area contributed by atoms with Crippen molar-refractivity contribution in [3.8, 4) is 0 Å². The van der Waals surface area contributed by atoms with Crippen molar-refractivity contribution in [3.05, 3.63) is 0 Å². The Morgan fingerprint density at radius 1 is 1.40 bits per heavy atom. The predicted octanol–water partition coefficient (Wildman–Crippen LogP) is 0.775. The van der Waals surface area contributed by atoms with Gasteiger partial charge in [0.25, 0.3) is 5.92 Å². The van der Waals surface area contributed by atoms with Crippen molar-refractivity contribution in [2.45, 2.75) is 31.8 Å². The number of alkyl halides is 2. The zero-order valence-corrected chi connectivity index (χ0v) is 6.06. The summed E-state index contributed by atoms with van der Waals surface area (Å²) in [5.41, 5.74) is -2.29. The normalized spacial score (nSPS) is 18.6. The minimum atomic E-state index is -3.21. The third-order valence-corrected chi connectivity index (χ3v) is 1.54. The van der Waals surface area contributed by atoms with Crippen molar-refractivity contribution >= 4 is 0 Å². The molecule has 0 spiro atoms. The van der Waals surface area contributed by atoms with Crippen LogP contribution in [0.25, 0.3) is 0 Å². The fourth-order valence-corrected chi connectivity index (χ4v) is 0.496. The summed E-state index contributed by atoms with van der Waals surface area (Å²) < 4.78 is 25.0. The average Bonchev–Trinajstić information content (AvgIpc) is 1.88. The highest BCUT2D eigenvalue weighted by atomic mass is 19.3. The van der Waals surface area contributed by atoms with Gasteiger partial charge in [-0.1, -0.05) is 6.92 Å². The monoisotopic (exact) mass is 154 g/mol. The average molecular weight is 154 g/mol. The summed E-state index contributed by atoms with van der Waals surface area (Å²) >= 11 is 0. The molecule has 1 atom stereocenters. The van der Waals surface area contributed by atoms with E-state index in [4.69, 9.17) is 10.2 Å². The number of hydrogen-bond acceptors (Lipinski definition) is 2. The van der Waals surface area contributed by atoms with Crippen LogP contribution in [-0.4, -0.2) is 28.3 Å². The van der Waals surface area contributed by atoms with Gasteiger partial charge in [0, 0.05) is 6.42 Å². The second-order valence-electron chi connectivity index (χ2n) is 2.49. The Morgan fingerprint density at radius 3 is 1.90 bits per heavy atom. The quantitative estimate of drug-likeness (QED) is 0.630. The predicted molar refractivity (Wildman–Crippen MR) is 32.9 cm³/mol. The summed E-state index contributed by atoms with van der Waals surface area (Å²) in [4.78, 5) is 0. The minimum Gasteiger partial charge on any atom is -0.393 e. The van der Waals surface area contributed by atoms with E-state index in [-0.39, 0.29) is 0 Å². The maximum absolute atomic E-state index is 12.5. The van der Waals surface area contributed by atoms with Crippen molar-refractivity contribution in [3.63, 3.8) is 0 Å². The van der Waals surface area contributed by atoms with Crippen LogP contribution in [0.1, 0.15) is 20.3 Å². The molecule has 0 saturated heterocycles. The Bertz CT molecular complexity index is 98.3. The molecule has 0 aliphatic carbocycles. The standard InChI is InChI=1S/C6H12F2O2/c1-3-6(7,8)5(2,10)4-9/h9-10H,3-4H2,1-2H3. The first-order valence-corrected chi connectivity index (χ1v) is 3.08. The zero-order valence-electron chi connectivity index (χ0n) is 6.06. The lowest BCUT2D eigenvalue weighted by Crippen LogP contribution is -2.48. The van der Waals surface area contributed by atoms with E-state index in [0.717, 1.165) is 6.92 Å². The van der Waals surface area contributed by atoms with Crippen LogP contribution in [0.4, 0.5) is 8.78 Å². The summed E-state index contributed by atoms with van der Waals surface area (Å²) in [5.74, 6) is -3.21. The lowest BCUT2D eigenvalue weighted by atomic mass is 9.97. The van der Waals surface area contributed by atoms with Gasteiger partial charge in [-0.15, -0.1) is 0 Å². The molecule has 0 bridgehead atoms. The van der Waals surface area contributed by atoms with Gasteiger partial charge < -0.3 is 10.2 Å². The van der Waals surface area contributed by atoms with E-state index in [0.29, 0.717) is 0 Å². The maximum Gasteiger partial charge on any atom is 0.277 e. The first kappa shape index (κ1) is 9.78. The highest BCUT2D eigenvalue weighted by Crippen LogP contribution is 2.30. The largest absolute Gasteiger partial charge is 0.393 e. The fourth-order valence-electron chi connectivity index (χ4n) is 0.496. The van der Waals surface area contributed by atoms with Gasteiger partial charge >= 0.3 is 0 Å². The molecule has 0 rings (SSSR count). The number of aliphatic hydroxyl groups excluding tert-OH is 1. The molecule has 2 nitrogen and oxygen atoms in total. The van der Waals surface area contributed by atoms with Crippen molar-refractivity contribution in [2.24, 2.45) is 0 Å². The zero-order chi connectivity index (χ0) is 8.41.